The molecule has 2 aliphatic carbocycles. The van der Waals surface area contributed by atoms with Gasteiger partial charge in [-0.3, -0.25) is 0 Å². The predicted molar refractivity (Wildman–Crippen MR) is 135 cm³/mol. The first-order valence-electron chi connectivity index (χ1n) is 11.7. The molecule has 0 saturated carbocycles. The Morgan fingerprint density at radius 3 is 1.79 bits per heavy atom. The molecule has 5 aromatic rings. The van der Waals surface area contributed by atoms with Crippen molar-refractivity contribution in [2.24, 2.45) is 0 Å². The van der Waals surface area contributed by atoms with Gasteiger partial charge in [-0.15, -0.1) is 0 Å². The Bertz CT molecular complexity index is 1470. The van der Waals surface area contributed by atoms with Crippen molar-refractivity contribution >= 4 is 10.8 Å². The van der Waals surface area contributed by atoms with Crippen LogP contribution in [0.2, 0.25) is 0 Å². The summed E-state index contributed by atoms with van der Waals surface area (Å²) in [6, 6.07) is 39.0. The minimum Gasteiger partial charge on any atom is -0.384 e. The van der Waals surface area contributed by atoms with Crippen LogP contribution in [0.4, 0.5) is 0 Å². The second kappa shape index (κ2) is 6.91. The third-order valence-electron chi connectivity index (χ3n) is 7.68. The molecule has 158 valence electrons. The van der Waals surface area contributed by atoms with Crippen molar-refractivity contribution in [2.45, 2.75) is 24.4 Å². The number of fused-ring (bicyclic) bond motifs is 5. The maximum absolute atomic E-state index is 12.2. The Labute approximate surface area is 194 Å². The standard InChI is InChI=1S/C32H24O/c33-32(19-22-10-1-2-11-23(22)20-32)29-18-17-21-9-3-4-12-24(21)31(29)30-27-15-7-5-13-25(27)26-14-6-8-16-28(26)30/h1-18,30,33H,19-20H2. The van der Waals surface area contributed by atoms with E-state index in [1.165, 1.54) is 49.7 Å². The lowest BCUT2D eigenvalue weighted by molar-refractivity contribution is 0.0474. The molecule has 0 aliphatic heterocycles. The van der Waals surface area contributed by atoms with Crippen LogP contribution in [-0.4, -0.2) is 5.11 Å². The fourth-order valence-electron chi connectivity index (χ4n) is 6.26. The van der Waals surface area contributed by atoms with Gasteiger partial charge < -0.3 is 5.11 Å². The summed E-state index contributed by atoms with van der Waals surface area (Å²) in [6.45, 7) is 0. The maximum atomic E-state index is 12.2. The summed E-state index contributed by atoms with van der Waals surface area (Å²) >= 11 is 0. The summed E-state index contributed by atoms with van der Waals surface area (Å²) in [5.74, 6) is 0.103. The van der Waals surface area contributed by atoms with Crippen LogP contribution in [0, 0.1) is 0 Å². The van der Waals surface area contributed by atoms with E-state index in [0.29, 0.717) is 12.8 Å². The fraction of sp³-hybridized carbons (Fsp3) is 0.125. The largest absolute Gasteiger partial charge is 0.384 e. The molecule has 0 bridgehead atoms. The molecule has 0 heterocycles. The highest BCUT2D eigenvalue weighted by Crippen LogP contribution is 2.52. The van der Waals surface area contributed by atoms with E-state index < -0.39 is 5.60 Å². The van der Waals surface area contributed by atoms with Crippen LogP contribution in [0.25, 0.3) is 21.9 Å². The molecule has 2 aliphatic rings. The van der Waals surface area contributed by atoms with E-state index in [0.717, 1.165) is 5.56 Å². The van der Waals surface area contributed by atoms with Gasteiger partial charge >= 0.3 is 0 Å². The van der Waals surface area contributed by atoms with Crippen molar-refractivity contribution in [2.75, 3.05) is 0 Å². The van der Waals surface area contributed by atoms with Gasteiger partial charge in [0.15, 0.2) is 0 Å². The van der Waals surface area contributed by atoms with E-state index in [1.807, 2.05) is 0 Å². The van der Waals surface area contributed by atoms with E-state index >= 15 is 0 Å². The Kier molecular flexibility index (Phi) is 3.95. The van der Waals surface area contributed by atoms with Gasteiger partial charge in [0.05, 0.1) is 5.60 Å². The Morgan fingerprint density at radius 1 is 0.576 bits per heavy atom. The maximum Gasteiger partial charge on any atom is 0.0980 e. The summed E-state index contributed by atoms with van der Waals surface area (Å²) in [6.07, 6.45) is 1.31. The van der Waals surface area contributed by atoms with Gasteiger partial charge in [0.1, 0.15) is 0 Å². The minimum absolute atomic E-state index is 0.103. The lowest BCUT2D eigenvalue weighted by Crippen LogP contribution is -2.28. The molecule has 0 radical (unpaired) electrons. The van der Waals surface area contributed by atoms with Gasteiger partial charge in [-0.05, 0) is 55.3 Å². The molecule has 0 saturated heterocycles. The van der Waals surface area contributed by atoms with Crippen molar-refractivity contribution in [1.82, 2.24) is 0 Å². The molecule has 33 heavy (non-hydrogen) atoms. The Morgan fingerprint density at radius 2 is 1.12 bits per heavy atom. The molecule has 0 atom stereocenters. The normalized spacial score (nSPS) is 15.9. The van der Waals surface area contributed by atoms with Crippen LogP contribution in [0.5, 0.6) is 0 Å². The zero-order valence-corrected chi connectivity index (χ0v) is 18.3. The molecule has 0 aromatic heterocycles. The van der Waals surface area contributed by atoms with E-state index in [-0.39, 0.29) is 5.92 Å². The van der Waals surface area contributed by atoms with E-state index in [2.05, 4.69) is 109 Å². The highest BCUT2D eigenvalue weighted by atomic mass is 16.3. The van der Waals surface area contributed by atoms with Gasteiger partial charge in [-0.25, -0.2) is 0 Å². The molecule has 1 N–H and O–H groups in total. The number of benzene rings is 5. The minimum atomic E-state index is -0.907. The SMILES string of the molecule is OC1(c2ccc3ccccc3c2C2c3ccccc3-c3ccccc32)Cc2ccccc2C1. The number of rotatable bonds is 2. The molecular formula is C32H24O. The van der Waals surface area contributed by atoms with Crippen LogP contribution in [-0.2, 0) is 18.4 Å². The molecule has 0 fully saturated rings. The van der Waals surface area contributed by atoms with Crippen LogP contribution in [0.15, 0.2) is 109 Å². The van der Waals surface area contributed by atoms with Crippen LogP contribution in [0.1, 0.15) is 39.3 Å². The molecule has 1 nitrogen and oxygen atoms in total. The molecule has 7 rings (SSSR count). The van der Waals surface area contributed by atoms with E-state index in [9.17, 15) is 5.11 Å². The summed E-state index contributed by atoms with van der Waals surface area (Å²) in [7, 11) is 0. The third-order valence-corrected chi connectivity index (χ3v) is 7.68. The zero-order chi connectivity index (χ0) is 22.0. The van der Waals surface area contributed by atoms with Crippen LogP contribution in [0.3, 0.4) is 0 Å². The molecule has 0 unspecified atom stereocenters. The molecule has 5 aromatic carbocycles. The zero-order valence-electron chi connectivity index (χ0n) is 18.3. The first kappa shape index (κ1) is 18.8. The molecule has 0 amide bonds. The van der Waals surface area contributed by atoms with Crippen molar-refractivity contribution in [3.05, 3.63) is 143 Å². The first-order chi connectivity index (χ1) is 16.2. The Balaban J connectivity index is 1.54. The van der Waals surface area contributed by atoms with Crippen LogP contribution < -0.4 is 0 Å². The van der Waals surface area contributed by atoms with Gasteiger partial charge in [0.2, 0.25) is 0 Å². The number of aliphatic hydroxyl groups is 1. The lowest BCUT2D eigenvalue weighted by Gasteiger charge is -2.30. The van der Waals surface area contributed by atoms with Crippen molar-refractivity contribution < 1.29 is 5.11 Å². The van der Waals surface area contributed by atoms with Crippen molar-refractivity contribution in [3.8, 4) is 11.1 Å². The molecule has 0 spiro atoms. The van der Waals surface area contributed by atoms with E-state index in [4.69, 9.17) is 0 Å². The second-order valence-electron chi connectivity index (χ2n) is 9.51. The van der Waals surface area contributed by atoms with Crippen molar-refractivity contribution in [3.63, 3.8) is 0 Å². The summed E-state index contributed by atoms with van der Waals surface area (Å²) in [5, 5.41) is 14.6. The average Bonchev–Trinajstić information content (AvgIpc) is 3.38. The highest BCUT2D eigenvalue weighted by molar-refractivity contribution is 5.91. The first-order valence-corrected chi connectivity index (χ1v) is 11.7. The lowest BCUT2D eigenvalue weighted by atomic mass is 9.77. The topological polar surface area (TPSA) is 20.2 Å². The second-order valence-corrected chi connectivity index (χ2v) is 9.51. The summed E-state index contributed by atoms with van der Waals surface area (Å²) < 4.78 is 0. The van der Waals surface area contributed by atoms with Crippen LogP contribution >= 0.6 is 0 Å². The predicted octanol–water partition coefficient (Wildman–Crippen LogP) is 6.99. The van der Waals surface area contributed by atoms with Gasteiger partial charge in [0.25, 0.3) is 0 Å². The fourth-order valence-corrected chi connectivity index (χ4v) is 6.26. The Hall–Kier alpha value is -3.68. The quantitative estimate of drug-likeness (QED) is 0.318. The molecular weight excluding hydrogens is 400 g/mol. The smallest absolute Gasteiger partial charge is 0.0980 e. The van der Waals surface area contributed by atoms with Gasteiger partial charge in [0, 0.05) is 18.8 Å². The van der Waals surface area contributed by atoms with Gasteiger partial charge in [-0.2, -0.15) is 0 Å². The van der Waals surface area contributed by atoms with Crippen molar-refractivity contribution in [1.29, 1.82) is 0 Å². The monoisotopic (exact) mass is 424 g/mol. The molecule has 1 heteroatoms. The third kappa shape index (κ3) is 2.70. The van der Waals surface area contributed by atoms with Gasteiger partial charge in [-0.1, -0.05) is 109 Å². The number of hydrogen-bond donors (Lipinski definition) is 1. The summed E-state index contributed by atoms with van der Waals surface area (Å²) in [4.78, 5) is 0. The van der Waals surface area contributed by atoms with E-state index in [1.54, 1.807) is 0 Å². The summed E-state index contributed by atoms with van der Waals surface area (Å²) in [5.41, 5.74) is 9.19. The average molecular weight is 425 g/mol. The highest BCUT2D eigenvalue weighted by Gasteiger charge is 2.41. The number of hydrogen-bond acceptors (Lipinski definition) is 1.